The van der Waals surface area contributed by atoms with Crippen molar-refractivity contribution < 1.29 is 14.6 Å². The lowest BCUT2D eigenvalue weighted by molar-refractivity contribution is -0.385. The fourth-order valence-electron chi connectivity index (χ4n) is 4.81. The van der Waals surface area contributed by atoms with Gasteiger partial charge in [0.05, 0.1) is 27.0 Å². The van der Waals surface area contributed by atoms with Crippen molar-refractivity contribution in [1.29, 1.82) is 0 Å². The first-order valence-corrected chi connectivity index (χ1v) is 11.1. The Morgan fingerprint density at radius 1 is 0.800 bits per heavy atom. The molecule has 0 radical (unpaired) electrons. The van der Waals surface area contributed by atoms with Crippen LogP contribution < -0.4 is 5.32 Å². The van der Waals surface area contributed by atoms with E-state index in [0.29, 0.717) is 17.6 Å². The number of amides is 1. The summed E-state index contributed by atoms with van der Waals surface area (Å²) in [5.74, 6) is -0.962. The number of non-ortho nitro benzene ring substituents is 2. The first-order chi connectivity index (χ1) is 16.9. The predicted molar refractivity (Wildman–Crippen MR) is 130 cm³/mol. The van der Waals surface area contributed by atoms with Gasteiger partial charge in [-0.15, -0.1) is 0 Å². The van der Waals surface area contributed by atoms with E-state index in [2.05, 4.69) is 10.3 Å². The smallest absolute Gasteiger partial charge is 0.269 e. The van der Waals surface area contributed by atoms with Crippen LogP contribution in [-0.4, -0.2) is 20.7 Å². The molecule has 1 unspecified atom stereocenters. The third kappa shape index (κ3) is 4.19. The average Bonchev–Trinajstić information content (AvgIpc) is 2.84. The van der Waals surface area contributed by atoms with E-state index in [1.54, 1.807) is 36.5 Å². The second-order valence-corrected chi connectivity index (χ2v) is 8.54. The van der Waals surface area contributed by atoms with Crippen molar-refractivity contribution in [2.24, 2.45) is 5.92 Å². The van der Waals surface area contributed by atoms with Gasteiger partial charge in [-0.05, 0) is 41.5 Å². The summed E-state index contributed by atoms with van der Waals surface area (Å²) in [4.78, 5) is 39.2. The monoisotopic (exact) mass is 468 g/mol. The van der Waals surface area contributed by atoms with Crippen LogP contribution >= 0.6 is 0 Å². The molecular weight excluding hydrogens is 448 g/mol. The van der Waals surface area contributed by atoms with E-state index in [4.69, 9.17) is 0 Å². The maximum Gasteiger partial charge on any atom is 0.269 e. The lowest BCUT2D eigenvalue weighted by Gasteiger charge is -2.44. The minimum atomic E-state index is -0.461. The Morgan fingerprint density at radius 3 is 1.89 bits per heavy atom. The summed E-state index contributed by atoms with van der Waals surface area (Å²) in [6.45, 7) is 0. The molecule has 1 aliphatic rings. The molecule has 1 N–H and O–H groups in total. The molecule has 174 valence electrons. The molecule has 4 aromatic rings. The maximum atomic E-state index is 13.6. The second-order valence-electron chi connectivity index (χ2n) is 8.54. The zero-order valence-corrected chi connectivity index (χ0v) is 18.4. The van der Waals surface area contributed by atoms with Crippen molar-refractivity contribution in [3.8, 4) is 0 Å². The van der Waals surface area contributed by atoms with Gasteiger partial charge in [-0.2, -0.15) is 0 Å². The molecule has 5 rings (SSSR count). The van der Waals surface area contributed by atoms with Crippen LogP contribution in [0.4, 0.5) is 17.1 Å². The number of hydrogen-bond donors (Lipinski definition) is 1. The third-order valence-electron chi connectivity index (χ3n) is 6.63. The zero-order chi connectivity index (χ0) is 24.5. The van der Waals surface area contributed by atoms with Crippen molar-refractivity contribution in [1.82, 2.24) is 4.98 Å². The van der Waals surface area contributed by atoms with Gasteiger partial charge in [0.25, 0.3) is 11.4 Å². The Kier molecular flexibility index (Phi) is 5.66. The number of nitro benzene ring substituents is 2. The number of carbonyl (C=O) groups is 1. The molecular formula is C26H20N4O5. The van der Waals surface area contributed by atoms with Crippen molar-refractivity contribution in [2.45, 2.75) is 18.3 Å². The summed E-state index contributed by atoms with van der Waals surface area (Å²) >= 11 is 0. The summed E-state index contributed by atoms with van der Waals surface area (Å²) in [6.07, 6.45) is 2.31. The largest absolute Gasteiger partial charge is 0.324 e. The molecule has 0 spiro atoms. The van der Waals surface area contributed by atoms with Gasteiger partial charge in [-0.3, -0.25) is 30.0 Å². The number of anilines is 1. The van der Waals surface area contributed by atoms with Crippen LogP contribution in [0.3, 0.4) is 0 Å². The fraction of sp³-hybridized carbons (Fsp3) is 0.154. The van der Waals surface area contributed by atoms with E-state index in [9.17, 15) is 25.0 Å². The van der Waals surface area contributed by atoms with Crippen molar-refractivity contribution in [3.05, 3.63) is 116 Å². The predicted octanol–water partition coefficient (Wildman–Crippen LogP) is 5.58. The van der Waals surface area contributed by atoms with Crippen molar-refractivity contribution >= 4 is 33.9 Å². The van der Waals surface area contributed by atoms with Crippen LogP contribution in [0.2, 0.25) is 0 Å². The van der Waals surface area contributed by atoms with Gasteiger partial charge >= 0.3 is 0 Å². The minimum Gasteiger partial charge on any atom is -0.324 e. The summed E-state index contributed by atoms with van der Waals surface area (Å²) < 4.78 is 0. The van der Waals surface area contributed by atoms with Gasteiger partial charge < -0.3 is 5.32 Å². The Bertz CT molecular complexity index is 1370. The molecule has 1 heterocycles. The van der Waals surface area contributed by atoms with E-state index >= 15 is 0 Å². The SMILES string of the molecule is O=C(Nc1cccc2cccnc12)C1[C@@H](c2ccc([N+](=O)[O-])cc2)C[C@H]1c1ccc([N+](=O)[O-])cc1. The number of carbonyl (C=O) groups excluding carboxylic acids is 1. The fourth-order valence-corrected chi connectivity index (χ4v) is 4.81. The second kappa shape index (κ2) is 8.94. The molecule has 0 saturated heterocycles. The maximum absolute atomic E-state index is 13.6. The number of nitrogens with one attached hydrogen (secondary N) is 1. The molecule has 9 nitrogen and oxygen atoms in total. The Balaban J connectivity index is 1.47. The standard InChI is InChI=1S/C26H20N4O5/c31-26(28-23-5-1-3-18-4-2-14-27-25(18)23)24-21(16-6-10-19(11-7-16)29(32)33)15-22(24)17-8-12-20(13-9-17)30(34)35/h1-14,21-22,24H,15H2,(H,28,31)/t21-,22+,24?. The number of fused-ring (bicyclic) bond motifs is 1. The van der Waals surface area contributed by atoms with Crippen LogP contribution in [0.5, 0.6) is 0 Å². The Labute approximate surface area is 199 Å². The lowest BCUT2D eigenvalue weighted by Crippen LogP contribution is -2.42. The number of nitrogens with zero attached hydrogens (tertiary/aromatic N) is 3. The van der Waals surface area contributed by atoms with E-state index in [1.165, 1.54) is 24.3 Å². The van der Waals surface area contributed by atoms with E-state index in [0.717, 1.165) is 16.5 Å². The number of para-hydroxylation sites is 1. The molecule has 1 fully saturated rings. The summed E-state index contributed by atoms with van der Waals surface area (Å²) in [7, 11) is 0. The number of rotatable bonds is 6. The Hall–Kier alpha value is -4.66. The number of aromatic nitrogens is 1. The van der Waals surface area contributed by atoms with Crippen LogP contribution in [0, 0.1) is 26.1 Å². The molecule has 35 heavy (non-hydrogen) atoms. The van der Waals surface area contributed by atoms with E-state index in [1.807, 2.05) is 24.3 Å². The van der Waals surface area contributed by atoms with Gasteiger partial charge in [-0.25, -0.2) is 0 Å². The number of pyridine rings is 1. The first kappa shape index (κ1) is 22.1. The van der Waals surface area contributed by atoms with Gasteiger partial charge in [0.1, 0.15) is 0 Å². The third-order valence-corrected chi connectivity index (χ3v) is 6.63. The average molecular weight is 468 g/mol. The summed E-state index contributed by atoms with van der Waals surface area (Å²) in [5.41, 5.74) is 2.94. The van der Waals surface area contributed by atoms with Gasteiger partial charge in [0.2, 0.25) is 5.91 Å². The Morgan fingerprint density at radius 2 is 1.34 bits per heavy atom. The van der Waals surface area contributed by atoms with Gasteiger partial charge in [-0.1, -0.05) is 42.5 Å². The summed E-state index contributed by atoms with van der Waals surface area (Å²) in [6, 6.07) is 21.8. The molecule has 9 heteroatoms. The van der Waals surface area contributed by atoms with Crippen LogP contribution in [0.15, 0.2) is 85.1 Å². The highest BCUT2D eigenvalue weighted by Gasteiger charge is 2.47. The van der Waals surface area contributed by atoms with Crippen molar-refractivity contribution in [2.75, 3.05) is 5.32 Å². The molecule has 1 saturated carbocycles. The molecule has 1 amide bonds. The number of benzene rings is 3. The lowest BCUT2D eigenvalue weighted by atomic mass is 9.59. The highest BCUT2D eigenvalue weighted by molar-refractivity contribution is 6.02. The molecule has 1 aromatic heterocycles. The number of hydrogen-bond acceptors (Lipinski definition) is 6. The highest BCUT2D eigenvalue weighted by atomic mass is 16.6. The van der Waals surface area contributed by atoms with E-state index in [-0.39, 0.29) is 29.1 Å². The van der Waals surface area contributed by atoms with Crippen LogP contribution in [-0.2, 0) is 4.79 Å². The minimum absolute atomic E-state index is 0.0113. The number of nitro groups is 2. The van der Waals surface area contributed by atoms with Gasteiger partial charge in [0, 0.05) is 35.8 Å². The first-order valence-electron chi connectivity index (χ1n) is 11.1. The molecule has 0 bridgehead atoms. The van der Waals surface area contributed by atoms with Crippen LogP contribution in [0.1, 0.15) is 29.4 Å². The molecule has 3 aromatic carbocycles. The molecule has 1 aliphatic carbocycles. The zero-order valence-electron chi connectivity index (χ0n) is 18.4. The molecule has 3 atom stereocenters. The quantitative estimate of drug-likeness (QED) is 0.291. The normalized spacial score (nSPS) is 19.0. The van der Waals surface area contributed by atoms with Crippen molar-refractivity contribution in [3.63, 3.8) is 0 Å². The van der Waals surface area contributed by atoms with Gasteiger partial charge in [0.15, 0.2) is 0 Å². The summed E-state index contributed by atoms with van der Waals surface area (Å²) in [5, 5.41) is 26.0. The molecule has 0 aliphatic heterocycles. The highest BCUT2D eigenvalue weighted by Crippen LogP contribution is 2.53. The van der Waals surface area contributed by atoms with E-state index < -0.39 is 15.8 Å². The topological polar surface area (TPSA) is 128 Å². The van der Waals surface area contributed by atoms with Crippen LogP contribution in [0.25, 0.3) is 10.9 Å².